The Morgan fingerprint density at radius 3 is 1.36 bits per heavy atom. The minimum absolute atomic E-state index is 0.874. The van der Waals surface area contributed by atoms with Gasteiger partial charge in [-0.05, 0) is 69.6 Å². The molecule has 0 spiro atoms. The Bertz CT molecular complexity index is 3900. The van der Waals surface area contributed by atoms with E-state index in [1.165, 1.54) is 26.9 Å². The molecule has 4 heterocycles. The molecular weight excluding hydrogens is 801 g/mol. The molecule has 0 aliphatic heterocycles. The fraction of sp³-hybridized carbons (Fsp3) is 0. The lowest BCUT2D eigenvalue weighted by molar-refractivity contribution is 1.32. The first-order valence-electron chi connectivity index (χ1n) is 22.4. The van der Waals surface area contributed by atoms with Crippen LogP contribution in [0.15, 0.2) is 231 Å². The Labute approximate surface area is 381 Å². The molecule has 9 aromatic carbocycles. The maximum Gasteiger partial charge on any atom is 0.0794 e. The van der Waals surface area contributed by atoms with Crippen molar-refractivity contribution in [3.8, 4) is 67.4 Å². The van der Waals surface area contributed by atoms with Crippen molar-refractivity contribution < 1.29 is 0 Å². The molecule has 0 radical (unpaired) electrons. The van der Waals surface area contributed by atoms with Crippen LogP contribution in [-0.2, 0) is 0 Å². The third-order valence-corrected chi connectivity index (χ3v) is 13.0. The van der Waals surface area contributed by atoms with Crippen LogP contribution in [0.2, 0.25) is 0 Å². The molecule has 306 valence electrons. The molecule has 4 nitrogen and oxygen atoms in total. The van der Waals surface area contributed by atoms with E-state index in [-0.39, 0.29) is 0 Å². The summed E-state index contributed by atoms with van der Waals surface area (Å²) in [7, 11) is 0. The van der Waals surface area contributed by atoms with E-state index in [0.29, 0.717) is 0 Å². The largest absolute Gasteiger partial charge is 0.248 e. The first-order chi connectivity index (χ1) is 32.7. The number of nitrogens with zero attached hydrogens (tertiary/aromatic N) is 4. The highest BCUT2D eigenvalue weighted by molar-refractivity contribution is 6.24. The number of fused-ring (bicyclic) bond motifs is 8. The van der Waals surface area contributed by atoms with Crippen molar-refractivity contribution in [3.05, 3.63) is 231 Å². The molecule has 0 atom stereocenters. The molecule has 0 amide bonds. The van der Waals surface area contributed by atoms with Crippen LogP contribution in [0.5, 0.6) is 0 Å². The summed E-state index contributed by atoms with van der Waals surface area (Å²) in [5.41, 5.74) is 14.8. The lowest BCUT2D eigenvalue weighted by atomic mass is 9.91. The second-order valence-corrected chi connectivity index (χ2v) is 17.0. The van der Waals surface area contributed by atoms with Crippen molar-refractivity contribution in [1.82, 2.24) is 19.9 Å². The summed E-state index contributed by atoms with van der Waals surface area (Å²) in [6.45, 7) is 0. The van der Waals surface area contributed by atoms with Crippen molar-refractivity contribution >= 4 is 65.0 Å². The van der Waals surface area contributed by atoms with Gasteiger partial charge in [-0.2, -0.15) is 0 Å². The van der Waals surface area contributed by atoms with Crippen molar-refractivity contribution in [2.24, 2.45) is 0 Å². The van der Waals surface area contributed by atoms with E-state index in [4.69, 9.17) is 19.9 Å². The molecule has 4 heteroatoms. The predicted molar refractivity (Wildman–Crippen MR) is 275 cm³/mol. The Hall–Kier alpha value is -8.86. The lowest BCUT2D eigenvalue weighted by Crippen LogP contribution is -1.95. The molecule has 66 heavy (non-hydrogen) atoms. The predicted octanol–water partition coefficient (Wildman–Crippen LogP) is 16.2. The highest BCUT2D eigenvalue weighted by atomic mass is 14.7. The second-order valence-electron chi connectivity index (χ2n) is 17.0. The Morgan fingerprint density at radius 2 is 0.727 bits per heavy atom. The summed E-state index contributed by atoms with van der Waals surface area (Å²) in [5.74, 6) is 0. The summed E-state index contributed by atoms with van der Waals surface area (Å²) >= 11 is 0. The zero-order valence-electron chi connectivity index (χ0n) is 35.7. The lowest BCUT2D eigenvalue weighted by Gasteiger charge is -2.16. The number of para-hydroxylation sites is 3. The Kier molecular flexibility index (Phi) is 8.81. The van der Waals surface area contributed by atoms with Gasteiger partial charge in [0.15, 0.2) is 0 Å². The van der Waals surface area contributed by atoms with Crippen LogP contribution in [0, 0.1) is 0 Å². The average molecular weight is 839 g/mol. The zero-order valence-corrected chi connectivity index (χ0v) is 35.7. The van der Waals surface area contributed by atoms with Gasteiger partial charge in [-0.1, -0.05) is 188 Å². The van der Waals surface area contributed by atoms with Crippen LogP contribution in [0.1, 0.15) is 0 Å². The van der Waals surface area contributed by atoms with Crippen LogP contribution in [0.3, 0.4) is 0 Å². The summed E-state index contributed by atoms with van der Waals surface area (Å²) < 4.78 is 0. The van der Waals surface area contributed by atoms with Gasteiger partial charge < -0.3 is 0 Å². The van der Waals surface area contributed by atoms with Gasteiger partial charge in [-0.25, -0.2) is 19.9 Å². The SMILES string of the molecule is c1ccc2cc(-c3nc4c(-c5cc(-c6ccc(-c7ccc8ccccc8n7)cc6)nc(-c6ccc(-c7ccc8ccccc8n7)cc6)c5)cccc4c4c3ccc3ccccc34)ccc2c1. The van der Waals surface area contributed by atoms with Gasteiger partial charge in [-0.15, -0.1) is 0 Å². The second kappa shape index (κ2) is 15.4. The van der Waals surface area contributed by atoms with Gasteiger partial charge in [0.25, 0.3) is 0 Å². The maximum absolute atomic E-state index is 5.67. The highest BCUT2D eigenvalue weighted by Gasteiger charge is 2.18. The average Bonchev–Trinajstić information content (AvgIpc) is 3.39. The van der Waals surface area contributed by atoms with E-state index >= 15 is 0 Å². The van der Waals surface area contributed by atoms with E-state index in [2.05, 4.69) is 206 Å². The smallest absolute Gasteiger partial charge is 0.0794 e. The molecule has 0 fully saturated rings. The Balaban J connectivity index is 1.00. The molecular formula is C62H38N4. The zero-order chi connectivity index (χ0) is 43.6. The molecule has 13 rings (SSSR count). The van der Waals surface area contributed by atoms with E-state index in [9.17, 15) is 0 Å². The Morgan fingerprint density at radius 1 is 0.242 bits per heavy atom. The summed E-state index contributed by atoms with van der Waals surface area (Å²) in [6, 6.07) is 81.7. The summed E-state index contributed by atoms with van der Waals surface area (Å²) in [4.78, 5) is 21.0. The van der Waals surface area contributed by atoms with Gasteiger partial charge in [-0.3, -0.25) is 0 Å². The van der Waals surface area contributed by atoms with Crippen LogP contribution in [-0.4, -0.2) is 19.9 Å². The number of hydrogen-bond acceptors (Lipinski definition) is 4. The normalized spacial score (nSPS) is 11.6. The number of rotatable bonds is 6. The monoisotopic (exact) mass is 838 g/mol. The number of aromatic nitrogens is 4. The van der Waals surface area contributed by atoms with E-state index in [0.717, 1.165) is 106 Å². The van der Waals surface area contributed by atoms with E-state index in [1.54, 1.807) is 0 Å². The van der Waals surface area contributed by atoms with Gasteiger partial charge >= 0.3 is 0 Å². The molecule has 0 N–H and O–H groups in total. The molecule has 0 saturated heterocycles. The van der Waals surface area contributed by atoms with Gasteiger partial charge in [0.05, 0.1) is 45.0 Å². The molecule has 0 unspecified atom stereocenters. The third-order valence-electron chi connectivity index (χ3n) is 13.0. The number of benzene rings is 9. The van der Waals surface area contributed by atoms with Crippen LogP contribution in [0.25, 0.3) is 132 Å². The van der Waals surface area contributed by atoms with Crippen LogP contribution in [0.4, 0.5) is 0 Å². The standard InChI is InChI=1S/C62H38N4/c1-2-14-47-36-48(29-20-39(47)10-1)61-53-33-30-40-11-3-6-15-50(40)60(53)52-17-9-16-51(62(52)66-61)49-37-58(45-25-21-43(22-26-45)56-34-31-41-12-4-7-18-54(41)63-56)65-59(38-49)46-27-23-44(24-28-46)57-35-32-42-13-5-8-19-55(42)64-57/h1-38H. The van der Waals surface area contributed by atoms with Gasteiger partial charge in [0.2, 0.25) is 0 Å². The molecule has 0 bridgehead atoms. The first kappa shape index (κ1) is 37.7. The quantitative estimate of drug-likeness (QED) is 0.157. The molecule has 0 aliphatic rings. The van der Waals surface area contributed by atoms with Crippen LogP contribution < -0.4 is 0 Å². The topological polar surface area (TPSA) is 51.6 Å². The van der Waals surface area contributed by atoms with E-state index < -0.39 is 0 Å². The number of pyridine rings is 4. The third kappa shape index (κ3) is 6.55. The van der Waals surface area contributed by atoms with E-state index in [1.807, 2.05) is 24.3 Å². The van der Waals surface area contributed by atoms with Gasteiger partial charge in [0.1, 0.15) is 0 Å². The van der Waals surface area contributed by atoms with Crippen LogP contribution >= 0.6 is 0 Å². The van der Waals surface area contributed by atoms with Crippen molar-refractivity contribution in [1.29, 1.82) is 0 Å². The molecule has 0 saturated carbocycles. The minimum atomic E-state index is 0.874. The van der Waals surface area contributed by atoms with Gasteiger partial charge in [0, 0.05) is 60.3 Å². The minimum Gasteiger partial charge on any atom is -0.248 e. The maximum atomic E-state index is 5.67. The highest BCUT2D eigenvalue weighted by Crippen LogP contribution is 2.42. The molecule has 13 aromatic rings. The summed E-state index contributed by atoms with van der Waals surface area (Å²) in [5, 5.41) is 10.5. The van der Waals surface area contributed by atoms with Crippen molar-refractivity contribution in [3.63, 3.8) is 0 Å². The fourth-order valence-corrected chi connectivity index (χ4v) is 9.65. The fourth-order valence-electron chi connectivity index (χ4n) is 9.65. The van der Waals surface area contributed by atoms with Crippen molar-refractivity contribution in [2.75, 3.05) is 0 Å². The number of hydrogen-bond donors (Lipinski definition) is 0. The van der Waals surface area contributed by atoms with Crippen molar-refractivity contribution in [2.45, 2.75) is 0 Å². The molecule has 4 aromatic heterocycles. The summed E-state index contributed by atoms with van der Waals surface area (Å²) in [6.07, 6.45) is 0. The molecule has 0 aliphatic carbocycles. The first-order valence-corrected chi connectivity index (χ1v) is 22.4.